The highest BCUT2D eigenvalue weighted by Gasteiger charge is 2.13. The first-order chi connectivity index (χ1) is 13.7. The van der Waals surface area contributed by atoms with Crippen LogP contribution in [0.1, 0.15) is 37.7 Å². The molecule has 0 bridgehead atoms. The summed E-state index contributed by atoms with van der Waals surface area (Å²) >= 11 is 1.53. The number of hydrogen-bond acceptors (Lipinski definition) is 3. The Morgan fingerprint density at radius 2 is 1.89 bits per heavy atom. The minimum atomic E-state index is -0.241. The van der Waals surface area contributed by atoms with Crippen LogP contribution in [-0.4, -0.2) is 9.55 Å². The standard InChI is InChI=1S/C23H23FN2OS/c24-19-12-10-18(11-13-19)16-28-23-25-21-9-5-4-8-20(21)22(27)26(23)15-14-17-6-2-1-3-7-17/h4-6,8-13H,1-3,7,14-16H2. The highest BCUT2D eigenvalue weighted by molar-refractivity contribution is 7.98. The van der Waals surface area contributed by atoms with Gasteiger partial charge in [-0.3, -0.25) is 9.36 Å². The fraction of sp³-hybridized carbons (Fsp3) is 0.304. The van der Waals surface area contributed by atoms with E-state index in [-0.39, 0.29) is 11.4 Å². The van der Waals surface area contributed by atoms with Crippen molar-refractivity contribution in [2.75, 3.05) is 0 Å². The predicted molar refractivity (Wildman–Crippen MR) is 113 cm³/mol. The van der Waals surface area contributed by atoms with E-state index in [4.69, 9.17) is 4.98 Å². The SMILES string of the molecule is O=c1c2ccccc2nc(SCc2ccc(F)cc2)n1CCC1=CCCCC1. The van der Waals surface area contributed by atoms with Gasteiger partial charge in [0.25, 0.3) is 5.56 Å². The van der Waals surface area contributed by atoms with Gasteiger partial charge in [0.15, 0.2) is 5.16 Å². The Morgan fingerprint density at radius 1 is 1.07 bits per heavy atom. The normalized spacial score (nSPS) is 14.2. The summed E-state index contributed by atoms with van der Waals surface area (Å²) in [6, 6.07) is 14.0. The second-order valence-corrected chi connectivity index (χ2v) is 8.08. The van der Waals surface area contributed by atoms with Crippen LogP contribution in [0.4, 0.5) is 4.39 Å². The van der Waals surface area contributed by atoms with Crippen LogP contribution in [-0.2, 0) is 12.3 Å². The number of halogens is 1. The molecule has 3 aromatic rings. The Bertz CT molecular complexity index is 1060. The van der Waals surface area contributed by atoms with E-state index in [0.717, 1.165) is 35.5 Å². The first-order valence-corrected chi connectivity index (χ1v) is 10.7. The molecule has 0 saturated heterocycles. The van der Waals surface area contributed by atoms with Gasteiger partial charge in [0, 0.05) is 12.3 Å². The zero-order valence-electron chi connectivity index (χ0n) is 15.7. The zero-order chi connectivity index (χ0) is 19.3. The maximum Gasteiger partial charge on any atom is 0.262 e. The summed E-state index contributed by atoms with van der Waals surface area (Å²) in [6.07, 6.45) is 8.00. The molecule has 5 heteroatoms. The van der Waals surface area contributed by atoms with Gasteiger partial charge in [0.05, 0.1) is 10.9 Å². The van der Waals surface area contributed by atoms with E-state index in [0.29, 0.717) is 17.7 Å². The maximum absolute atomic E-state index is 13.1. The largest absolute Gasteiger partial charge is 0.287 e. The quantitative estimate of drug-likeness (QED) is 0.305. The lowest BCUT2D eigenvalue weighted by Gasteiger charge is -2.16. The molecule has 0 unspecified atom stereocenters. The average molecular weight is 395 g/mol. The van der Waals surface area contributed by atoms with Gasteiger partial charge in [-0.05, 0) is 61.9 Å². The Morgan fingerprint density at radius 3 is 2.68 bits per heavy atom. The lowest BCUT2D eigenvalue weighted by Crippen LogP contribution is -2.23. The highest BCUT2D eigenvalue weighted by atomic mass is 32.2. The molecule has 0 saturated carbocycles. The summed E-state index contributed by atoms with van der Waals surface area (Å²) in [5.74, 6) is 0.406. The summed E-state index contributed by atoms with van der Waals surface area (Å²) in [6.45, 7) is 0.647. The second kappa shape index (κ2) is 8.74. The van der Waals surface area contributed by atoms with Crippen molar-refractivity contribution in [2.45, 2.75) is 49.6 Å². The average Bonchev–Trinajstić information content (AvgIpc) is 2.74. The van der Waals surface area contributed by atoms with Gasteiger partial charge in [-0.25, -0.2) is 9.37 Å². The number of nitrogens with zero attached hydrogens (tertiary/aromatic N) is 2. The molecule has 28 heavy (non-hydrogen) atoms. The molecule has 1 aromatic heterocycles. The zero-order valence-corrected chi connectivity index (χ0v) is 16.6. The minimum Gasteiger partial charge on any atom is -0.287 e. The van der Waals surface area contributed by atoms with Crippen LogP contribution in [0.25, 0.3) is 10.9 Å². The molecular formula is C23H23FN2OS. The van der Waals surface area contributed by atoms with Gasteiger partial charge in [-0.15, -0.1) is 0 Å². The lowest BCUT2D eigenvalue weighted by atomic mass is 9.97. The van der Waals surface area contributed by atoms with Crippen LogP contribution in [0.3, 0.4) is 0 Å². The number of para-hydroxylation sites is 1. The molecule has 0 atom stereocenters. The molecular weight excluding hydrogens is 371 g/mol. The molecule has 1 aliphatic carbocycles. The van der Waals surface area contributed by atoms with Gasteiger partial charge < -0.3 is 0 Å². The number of thioether (sulfide) groups is 1. The Labute approximate surface area is 168 Å². The van der Waals surface area contributed by atoms with Gasteiger partial charge in [0.1, 0.15) is 5.82 Å². The molecule has 0 fully saturated rings. The molecule has 0 spiro atoms. The van der Waals surface area contributed by atoms with E-state index in [9.17, 15) is 9.18 Å². The number of hydrogen-bond donors (Lipinski definition) is 0. The van der Waals surface area contributed by atoms with Crippen molar-refractivity contribution in [3.63, 3.8) is 0 Å². The summed E-state index contributed by atoms with van der Waals surface area (Å²) in [5, 5.41) is 1.38. The van der Waals surface area contributed by atoms with Crippen LogP contribution >= 0.6 is 11.8 Å². The van der Waals surface area contributed by atoms with Gasteiger partial charge in [-0.1, -0.05) is 47.7 Å². The fourth-order valence-corrected chi connectivity index (χ4v) is 4.55. The van der Waals surface area contributed by atoms with Crippen molar-refractivity contribution in [2.24, 2.45) is 0 Å². The molecule has 1 aliphatic rings. The Balaban J connectivity index is 1.63. The smallest absolute Gasteiger partial charge is 0.262 e. The number of allylic oxidation sites excluding steroid dienone is 2. The van der Waals surface area contributed by atoms with Crippen molar-refractivity contribution in [3.05, 3.63) is 81.9 Å². The summed E-state index contributed by atoms with van der Waals surface area (Å²) in [5.41, 5.74) is 3.20. The van der Waals surface area contributed by atoms with Crippen LogP contribution < -0.4 is 5.56 Å². The lowest BCUT2D eigenvalue weighted by molar-refractivity contribution is 0.569. The van der Waals surface area contributed by atoms with Crippen molar-refractivity contribution < 1.29 is 4.39 Å². The van der Waals surface area contributed by atoms with E-state index in [1.807, 2.05) is 28.8 Å². The van der Waals surface area contributed by atoms with E-state index in [2.05, 4.69) is 6.08 Å². The van der Waals surface area contributed by atoms with Crippen molar-refractivity contribution >= 4 is 22.7 Å². The van der Waals surface area contributed by atoms with E-state index in [1.165, 1.54) is 42.3 Å². The van der Waals surface area contributed by atoms with Crippen molar-refractivity contribution in [1.82, 2.24) is 9.55 Å². The van der Waals surface area contributed by atoms with E-state index in [1.54, 1.807) is 12.1 Å². The molecule has 3 nitrogen and oxygen atoms in total. The monoisotopic (exact) mass is 394 g/mol. The minimum absolute atomic E-state index is 0.0172. The van der Waals surface area contributed by atoms with Gasteiger partial charge >= 0.3 is 0 Å². The van der Waals surface area contributed by atoms with Crippen LogP contribution in [0.5, 0.6) is 0 Å². The third kappa shape index (κ3) is 4.36. The topological polar surface area (TPSA) is 34.9 Å². The molecule has 0 amide bonds. The molecule has 0 radical (unpaired) electrons. The third-order valence-electron chi connectivity index (χ3n) is 5.15. The number of rotatable bonds is 6. The molecule has 0 aliphatic heterocycles. The Kier molecular flexibility index (Phi) is 5.91. The number of benzene rings is 2. The first-order valence-electron chi connectivity index (χ1n) is 9.75. The third-order valence-corrected chi connectivity index (χ3v) is 6.20. The highest BCUT2D eigenvalue weighted by Crippen LogP contribution is 2.25. The maximum atomic E-state index is 13.1. The van der Waals surface area contributed by atoms with E-state index >= 15 is 0 Å². The van der Waals surface area contributed by atoms with Gasteiger partial charge in [-0.2, -0.15) is 0 Å². The van der Waals surface area contributed by atoms with Crippen LogP contribution in [0.2, 0.25) is 0 Å². The Hall–Kier alpha value is -2.40. The molecule has 144 valence electrons. The summed E-state index contributed by atoms with van der Waals surface area (Å²) in [4.78, 5) is 17.9. The van der Waals surface area contributed by atoms with E-state index < -0.39 is 0 Å². The summed E-state index contributed by atoms with van der Waals surface area (Å²) < 4.78 is 15.0. The fourth-order valence-electron chi connectivity index (χ4n) is 3.57. The van der Waals surface area contributed by atoms with Crippen molar-refractivity contribution in [1.29, 1.82) is 0 Å². The first kappa shape index (κ1) is 18.9. The van der Waals surface area contributed by atoms with Crippen molar-refractivity contribution in [3.8, 4) is 0 Å². The number of aromatic nitrogens is 2. The summed E-state index contributed by atoms with van der Waals surface area (Å²) in [7, 11) is 0. The predicted octanol–water partition coefficient (Wildman–Crippen LogP) is 5.72. The number of fused-ring (bicyclic) bond motifs is 1. The van der Waals surface area contributed by atoms with Gasteiger partial charge in [0.2, 0.25) is 0 Å². The molecule has 4 rings (SSSR count). The second-order valence-electron chi connectivity index (χ2n) is 7.14. The molecule has 1 heterocycles. The molecule has 0 N–H and O–H groups in total. The van der Waals surface area contributed by atoms with Crippen LogP contribution in [0.15, 0.2) is 70.1 Å². The molecule has 2 aromatic carbocycles. The van der Waals surface area contributed by atoms with Crippen LogP contribution in [0, 0.1) is 5.82 Å².